The number of aliphatic carboxylic acids is 2. The van der Waals surface area contributed by atoms with Gasteiger partial charge in [0.05, 0.1) is 16.9 Å². The van der Waals surface area contributed by atoms with Crippen LogP contribution in [-0.4, -0.2) is 64.0 Å². The van der Waals surface area contributed by atoms with E-state index in [-0.39, 0.29) is 5.82 Å². The van der Waals surface area contributed by atoms with Gasteiger partial charge in [-0.2, -0.15) is 5.10 Å². The van der Waals surface area contributed by atoms with Crippen LogP contribution in [0.15, 0.2) is 54.6 Å². The predicted octanol–water partition coefficient (Wildman–Crippen LogP) is 3.31. The van der Waals surface area contributed by atoms with Crippen molar-refractivity contribution in [1.29, 1.82) is 0 Å². The Morgan fingerprint density at radius 1 is 1.06 bits per heavy atom. The number of nitrogens with zero attached hydrogens (tertiary/aromatic N) is 3. The van der Waals surface area contributed by atoms with Crippen LogP contribution in [0.5, 0.6) is 11.6 Å². The maximum absolute atomic E-state index is 13.3. The first-order chi connectivity index (χ1) is 16.2. The molecule has 3 aromatic rings. The smallest absolute Gasteiger partial charge is 0.414 e. The first-order valence-electron chi connectivity index (χ1n) is 10.6. The van der Waals surface area contributed by atoms with E-state index in [0.717, 1.165) is 36.5 Å². The summed E-state index contributed by atoms with van der Waals surface area (Å²) in [6, 6.07) is 15.9. The van der Waals surface area contributed by atoms with Gasteiger partial charge in [0.15, 0.2) is 0 Å². The van der Waals surface area contributed by atoms with E-state index in [1.54, 1.807) is 16.8 Å². The van der Waals surface area contributed by atoms with Crippen LogP contribution < -0.4 is 10.1 Å². The van der Waals surface area contributed by atoms with E-state index >= 15 is 0 Å². The van der Waals surface area contributed by atoms with Crippen LogP contribution in [0, 0.1) is 12.7 Å². The second-order valence-corrected chi connectivity index (χ2v) is 7.62. The Bertz CT molecular complexity index is 1060. The van der Waals surface area contributed by atoms with Gasteiger partial charge in [-0.3, -0.25) is 0 Å². The van der Waals surface area contributed by atoms with Gasteiger partial charge in [-0.1, -0.05) is 18.2 Å². The molecule has 0 aliphatic carbocycles. The predicted molar refractivity (Wildman–Crippen MR) is 125 cm³/mol. The largest absolute Gasteiger partial charge is 0.473 e. The summed E-state index contributed by atoms with van der Waals surface area (Å²) >= 11 is 0. The van der Waals surface area contributed by atoms with Gasteiger partial charge in [-0.05, 0) is 76.9 Å². The minimum absolute atomic E-state index is 0.289. The maximum atomic E-state index is 13.3. The first-order valence-corrected chi connectivity index (χ1v) is 10.6. The molecule has 3 N–H and O–H groups in total. The van der Waals surface area contributed by atoms with Gasteiger partial charge in [0.1, 0.15) is 11.6 Å². The van der Waals surface area contributed by atoms with E-state index < -0.39 is 11.9 Å². The number of benzene rings is 2. The van der Waals surface area contributed by atoms with E-state index in [4.69, 9.17) is 29.6 Å². The van der Waals surface area contributed by atoms with E-state index in [1.807, 2.05) is 37.3 Å². The van der Waals surface area contributed by atoms with Crippen molar-refractivity contribution in [1.82, 2.24) is 20.0 Å². The number of carboxylic acid groups (broad SMARTS) is 2. The molecule has 0 aliphatic rings. The zero-order valence-electron chi connectivity index (χ0n) is 19.4. The molecule has 182 valence electrons. The number of carbonyl (C=O) groups is 2. The lowest BCUT2D eigenvalue weighted by molar-refractivity contribution is -0.159. The lowest BCUT2D eigenvalue weighted by atomic mass is 10.2. The molecule has 0 unspecified atom stereocenters. The molecule has 10 heteroatoms. The van der Waals surface area contributed by atoms with Crippen LogP contribution in [-0.2, 0) is 16.1 Å². The zero-order chi connectivity index (χ0) is 25.1. The van der Waals surface area contributed by atoms with Gasteiger partial charge >= 0.3 is 11.9 Å². The molecule has 0 spiro atoms. The Hall–Kier alpha value is -3.76. The molecule has 1 heterocycles. The molecule has 0 saturated carbocycles. The van der Waals surface area contributed by atoms with Crippen LogP contribution in [0.4, 0.5) is 4.39 Å². The van der Waals surface area contributed by atoms with Crippen LogP contribution in [0.3, 0.4) is 0 Å². The van der Waals surface area contributed by atoms with Crippen molar-refractivity contribution in [3.63, 3.8) is 0 Å². The number of nitrogens with one attached hydrogen (secondary N) is 1. The SMILES string of the molecule is Cc1nn(-c2ccccc2)c(Oc2ccc(F)cc2)c1CNCCCN(C)C.O=C(O)C(=O)O. The second kappa shape index (κ2) is 13.1. The van der Waals surface area contributed by atoms with Gasteiger partial charge < -0.3 is 25.2 Å². The molecule has 0 radical (unpaired) electrons. The van der Waals surface area contributed by atoms with Crippen molar-refractivity contribution in [2.75, 3.05) is 27.2 Å². The normalized spacial score (nSPS) is 10.5. The Balaban J connectivity index is 0.000000604. The first kappa shape index (κ1) is 26.5. The lowest BCUT2D eigenvalue weighted by Gasteiger charge is -2.13. The van der Waals surface area contributed by atoms with E-state index in [2.05, 4.69) is 24.3 Å². The third-order valence-electron chi connectivity index (χ3n) is 4.61. The Morgan fingerprint density at radius 2 is 1.68 bits per heavy atom. The lowest BCUT2D eigenvalue weighted by Crippen LogP contribution is -2.21. The number of carboxylic acids is 2. The fourth-order valence-electron chi connectivity index (χ4n) is 2.94. The summed E-state index contributed by atoms with van der Waals surface area (Å²) in [6.45, 7) is 4.58. The summed E-state index contributed by atoms with van der Waals surface area (Å²) < 4.78 is 21.2. The topological polar surface area (TPSA) is 117 Å². The summed E-state index contributed by atoms with van der Waals surface area (Å²) in [6.07, 6.45) is 1.06. The average Bonchev–Trinajstić information content (AvgIpc) is 3.11. The molecule has 1 aromatic heterocycles. The van der Waals surface area contributed by atoms with Crippen molar-refractivity contribution in [3.05, 3.63) is 71.7 Å². The number of hydrogen-bond donors (Lipinski definition) is 3. The molecule has 0 amide bonds. The fourth-order valence-corrected chi connectivity index (χ4v) is 2.94. The summed E-state index contributed by atoms with van der Waals surface area (Å²) in [7, 11) is 4.14. The van der Waals surface area contributed by atoms with Gasteiger partial charge in [0.2, 0.25) is 5.88 Å². The van der Waals surface area contributed by atoms with Gasteiger partial charge in [-0.25, -0.2) is 18.7 Å². The molecule has 34 heavy (non-hydrogen) atoms. The molecule has 9 nitrogen and oxygen atoms in total. The van der Waals surface area contributed by atoms with Gasteiger partial charge in [0, 0.05) is 6.54 Å². The van der Waals surface area contributed by atoms with Gasteiger partial charge in [0.25, 0.3) is 0 Å². The quantitative estimate of drug-likeness (QED) is 0.321. The number of ether oxygens (including phenoxy) is 1. The van der Waals surface area contributed by atoms with Crippen LogP contribution in [0.25, 0.3) is 5.69 Å². The molecule has 3 rings (SSSR count). The minimum Gasteiger partial charge on any atom is -0.473 e. The molecule has 0 saturated heterocycles. The molecular formula is C24H29FN4O5. The molecular weight excluding hydrogens is 443 g/mol. The number of hydrogen-bond acceptors (Lipinski definition) is 6. The summed E-state index contributed by atoms with van der Waals surface area (Å²) in [4.78, 5) is 20.4. The third-order valence-corrected chi connectivity index (χ3v) is 4.61. The number of para-hydroxylation sites is 1. The number of aryl methyl sites for hydroxylation is 1. The molecule has 0 bridgehead atoms. The number of rotatable bonds is 9. The van der Waals surface area contributed by atoms with Crippen molar-refractivity contribution in [2.24, 2.45) is 0 Å². The van der Waals surface area contributed by atoms with Crippen molar-refractivity contribution >= 4 is 11.9 Å². The molecule has 0 aliphatic heterocycles. The Morgan fingerprint density at radius 3 is 2.24 bits per heavy atom. The minimum atomic E-state index is -1.82. The third kappa shape index (κ3) is 8.30. The number of halogens is 1. The Labute approximate surface area is 197 Å². The van der Waals surface area contributed by atoms with Crippen molar-refractivity contribution in [2.45, 2.75) is 19.9 Å². The summed E-state index contributed by atoms with van der Waals surface area (Å²) in [5.74, 6) is -2.71. The highest BCUT2D eigenvalue weighted by Gasteiger charge is 2.18. The van der Waals surface area contributed by atoms with Gasteiger partial charge in [-0.15, -0.1) is 0 Å². The second-order valence-electron chi connectivity index (χ2n) is 7.62. The molecule has 2 aromatic carbocycles. The molecule has 0 atom stereocenters. The number of aromatic nitrogens is 2. The summed E-state index contributed by atoms with van der Waals surface area (Å²) in [5, 5.41) is 23.0. The van der Waals surface area contributed by atoms with E-state index in [0.29, 0.717) is 18.2 Å². The fraction of sp³-hybridized carbons (Fsp3) is 0.292. The Kier molecular flexibility index (Phi) is 10.2. The van der Waals surface area contributed by atoms with Crippen molar-refractivity contribution in [3.8, 4) is 17.3 Å². The maximum Gasteiger partial charge on any atom is 0.414 e. The highest BCUT2D eigenvalue weighted by Crippen LogP contribution is 2.30. The zero-order valence-corrected chi connectivity index (χ0v) is 19.4. The average molecular weight is 473 g/mol. The van der Waals surface area contributed by atoms with Crippen molar-refractivity contribution < 1.29 is 28.9 Å². The van der Waals surface area contributed by atoms with Crippen LogP contribution in [0.2, 0.25) is 0 Å². The monoisotopic (exact) mass is 472 g/mol. The molecule has 0 fully saturated rings. The van der Waals surface area contributed by atoms with Crippen LogP contribution in [0.1, 0.15) is 17.7 Å². The highest BCUT2D eigenvalue weighted by molar-refractivity contribution is 6.27. The summed E-state index contributed by atoms with van der Waals surface area (Å²) in [5.41, 5.74) is 2.82. The standard InChI is InChI=1S/C22H27FN4O.C2H2O4/c1-17-21(16-24-14-7-15-26(2)3)22(28-20-12-10-18(23)11-13-20)27(25-17)19-8-5-4-6-9-19;3-1(4)2(5)6/h4-6,8-13,24H,7,14-16H2,1-3H3;(H,3,4)(H,5,6). The van der Waals surface area contributed by atoms with E-state index in [9.17, 15) is 4.39 Å². The van der Waals surface area contributed by atoms with Crippen LogP contribution >= 0.6 is 0 Å². The van der Waals surface area contributed by atoms with E-state index in [1.165, 1.54) is 12.1 Å². The highest BCUT2D eigenvalue weighted by atomic mass is 19.1.